The molecule has 0 bridgehead atoms. The van der Waals surface area contributed by atoms with E-state index in [4.69, 9.17) is 9.47 Å². The molecule has 0 amide bonds. The normalized spacial score (nSPS) is 10.2. The number of hydrogen-bond donors (Lipinski definition) is 0. The van der Waals surface area contributed by atoms with E-state index >= 15 is 0 Å². The first kappa shape index (κ1) is 15.0. The number of halogens is 1. The number of carbonyl (C=O) groups excluding carboxylic acids is 1. The average Bonchev–Trinajstić information content (AvgIpc) is 2.53. The van der Waals surface area contributed by atoms with Crippen LogP contribution in [-0.4, -0.2) is 12.9 Å². The minimum absolute atomic E-state index is 0.0361. The fraction of sp³-hybridized carbons (Fsp3) is 0.235. The first-order chi connectivity index (χ1) is 10.2. The smallest absolute Gasteiger partial charge is 0.162 e. The van der Waals surface area contributed by atoms with Gasteiger partial charge in [0.05, 0.1) is 7.11 Å². The van der Waals surface area contributed by atoms with Gasteiger partial charge in [-0.1, -0.05) is 25.1 Å². The molecule has 0 unspecified atom stereocenters. The van der Waals surface area contributed by atoms with Crippen LogP contribution < -0.4 is 9.47 Å². The van der Waals surface area contributed by atoms with Crippen molar-refractivity contribution in [2.24, 2.45) is 0 Å². The van der Waals surface area contributed by atoms with Crippen molar-refractivity contribution in [3.05, 3.63) is 59.4 Å². The third-order valence-electron chi connectivity index (χ3n) is 3.15. The third kappa shape index (κ3) is 3.60. The highest BCUT2D eigenvalue weighted by Crippen LogP contribution is 2.29. The lowest BCUT2D eigenvalue weighted by molar-refractivity contribution is 0.0987. The molecule has 0 atom stereocenters. The number of methoxy groups -OCH3 is 1. The van der Waals surface area contributed by atoms with Gasteiger partial charge in [0.25, 0.3) is 0 Å². The van der Waals surface area contributed by atoms with Gasteiger partial charge >= 0.3 is 0 Å². The summed E-state index contributed by atoms with van der Waals surface area (Å²) in [5.41, 5.74) is 1.04. The Bertz CT molecular complexity index is 638. The lowest BCUT2D eigenvalue weighted by Gasteiger charge is -2.12. The van der Waals surface area contributed by atoms with Gasteiger partial charge in [-0.15, -0.1) is 0 Å². The van der Waals surface area contributed by atoms with Crippen molar-refractivity contribution in [2.75, 3.05) is 7.11 Å². The topological polar surface area (TPSA) is 35.5 Å². The monoisotopic (exact) mass is 288 g/mol. The Morgan fingerprint density at radius 3 is 2.57 bits per heavy atom. The van der Waals surface area contributed by atoms with Crippen LogP contribution in [-0.2, 0) is 6.61 Å². The van der Waals surface area contributed by atoms with Crippen LogP contribution in [0.4, 0.5) is 4.39 Å². The van der Waals surface area contributed by atoms with E-state index in [-0.39, 0.29) is 18.2 Å². The van der Waals surface area contributed by atoms with E-state index in [1.165, 1.54) is 13.2 Å². The van der Waals surface area contributed by atoms with Gasteiger partial charge in [0.1, 0.15) is 12.4 Å². The molecule has 0 saturated carbocycles. The minimum Gasteiger partial charge on any atom is -0.493 e. The van der Waals surface area contributed by atoms with E-state index in [2.05, 4.69) is 0 Å². The number of Topliss-reactive ketones (excluding diaryl/α,β-unsaturated/α-hetero) is 1. The van der Waals surface area contributed by atoms with Crippen molar-refractivity contribution in [3.8, 4) is 11.5 Å². The summed E-state index contributed by atoms with van der Waals surface area (Å²) in [5, 5.41) is 0. The van der Waals surface area contributed by atoms with Crippen LogP contribution in [0.15, 0.2) is 42.5 Å². The highest BCUT2D eigenvalue weighted by molar-refractivity contribution is 5.96. The molecule has 0 saturated heterocycles. The average molecular weight is 288 g/mol. The predicted octanol–water partition coefficient (Wildman–Crippen LogP) is 4.01. The summed E-state index contributed by atoms with van der Waals surface area (Å²) in [6.45, 7) is 1.90. The van der Waals surface area contributed by atoms with Crippen molar-refractivity contribution >= 4 is 5.78 Å². The molecule has 0 heterocycles. The summed E-state index contributed by atoms with van der Waals surface area (Å²) in [6, 6.07) is 11.4. The number of ether oxygens (including phenoxy) is 2. The van der Waals surface area contributed by atoms with Crippen LogP contribution in [0.2, 0.25) is 0 Å². The van der Waals surface area contributed by atoms with Gasteiger partial charge in [-0.25, -0.2) is 4.39 Å². The zero-order chi connectivity index (χ0) is 15.2. The molecule has 0 aliphatic carbocycles. The zero-order valence-corrected chi connectivity index (χ0v) is 12.1. The van der Waals surface area contributed by atoms with E-state index in [1.54, 1.807) is 43.3 Å². The minimum atomic E-state index is -0.311. The molecule has 4 heteroatoms. The predicted molar refractivity (Wildman–Crippen MR) is 78.3 cm³/mol. The maximum atomic E-state index is 13.5. The van der Waals surface area contributed by atoms with Crippen LogP contribution in [0.3, 0.4) is 0 Å². The Kier molecular flexibility index (Phi) is 4.93. The number of hydrogen-bond acceptors (Lipinski definition) is 3. The molecule has 2 rings (SSSR count). The quantitative estimate of drug-likeness (QED) is 0.753. The second-order valence-corrected chi connectivity index (χ2v) is 4.52. The Morgan fingerprint density at radius 2 is 1.90 bits per heavy atom. The third-order valence-corrected chi connectivity index (χ3v) is 3.15. The Labute approximate surface area is 123 Å². The van der Waals surface area contributed by atoms with Crippen molar-refractivity contribution in [1.82, 2.24) is 0 Å². The molecule has 0 N–H and O–H groups in total. The van der Waals surface area contributed by atoms with Gasteiger partial charge in [0.15, 0.2) is 17.3 Å². The molecule has 0 aromatic heterocycles. The van der Waals surface area contributed by atoms with E-state index in [1.807, 2.05) is 0 Å². The summed E-state index contributed by atoms with van der Waals surface area (Å²) < 4.78 is 24.3. The molecule has 3 nitrogen and oxygen atoms in total. The van der Waals surface area contributed by atoms with Crippen LogP contribution in [0.5, 0.6) is 11.5 Å². The lowest BCUT2D eigenvalue weighted by atomic mass is 10.1. The van der Waals surface area contributed by atoms with Gasteiger partial charge in [-0.05, 0) is 24.3 Å². The fourth-order valence-corrected chi connectivity index (χ4v) is 1.94. The summed E-state index contributed by atoms with van der Waals surface area (Å²) in [5.74, 6) is 0.669. The molecule has 0 radical (unpaired) electrons. The summed E-state index contributed by atoms with van der Waals surface area (Å²) in [4.78, 5) is 11.7. The zero-order valence-electron chi connectivity index (χ0n) is 12.1. The van der Waals surface area contributed by atoms with Crippen LogP contribution in [0, 0.1) is 5.82 Å². The number of carbonyl (C=O) groups is 1. The fourth-order valence-electron chi connectivity index (χ4n) is 1.94. The second kappa shape index (κ2) is 6.88. The molecule has 0 fully saturated rings. The molecule has 0 spiro atoms. The molecular formula is C17H17FO3. The van der Waals surface area contributed by atoms with E-state index in [0.717, 1.165) is 0 Å². The van der Waals surface area contributed by atoms with Crippen LogP contribution in [0.25, 0.3) is 0 Å². The van der Waals surface area contributed by atoms with E-state index in [0.29, 0.717) is 29.0 Å². The first-order valence-electron chi connectivity index (χ1n) is 6.73. The van der Waals surface area contributed by atoms with Gasteiger partial charge in [0.2, 0.25) is 0 Å². The van der Waals surface area contributed by atoms with Gasteiger partial charge < -0.3 is 9.47 Å². The van der Waals surface area contributed by atoms with Gasteiger partial charge in [0, 0.05) is 17.5 Å². The van der Waals surface area contributed by atoms with Crippen molar-refractivity contribution in [1.29, 1.82) is 0 Å². The molecule has 21 heavy (non-hydrogen) atoms. The second-order valence-electron chi connectivity index (χ2n) is 4.52. The van der Waals surface area contributed by atoms with E-state index in [9.17, 15) is 9.18 Å². The Morgan fingerprint density at radius 1 is 1.14 bits per heavy atom. The number of benzene rings is 2. The molecular weight excluding hydrogens is 271 g/mol. The van der Waals surface area contributed by atoms with Crippen molar-refractivity contribution < 1.29 is 18.7 Å². The Balaban J connectivity index is 2.17. The molecule has 0 aliphatic heterocycles. The van der Waals surface area contributed by atoms with Crippen LogP contribution in [0.1, 0.15) is 29.3 Å². The van der Waals surface area contributed by atoms with Crippen LogP contribution >= 0.6 is 0 Å². The lowest BCUT2D eigenvalue weighted by Crippen LogP contribution is -2.02. The van der Waals surface area contributed by atoms with Crippen molar-refractivity contribution in [2.45, 2.75) is 20.0 Å². The van der Waals surface area contributed by atoms with E-state index < -0.39 is 0 Å². The molecule has 2 aromatic rings. The maximum Gasteiger partial charge on any atom is 0.162 e. The SMILES string of the molecule is CCC(=O)c1ccc(OCc2ccccc2F)c(OC)c1. The molecule has 110 valence electrons. The highest BCUT2D eigenvalue weighted by atomic mass is 19.1. The molecule has 2 aromatic carbocycles. The summed E-state index contributed by atoms with van der Waals surface area (Å²) in [7, 11) is 1.51. The van der Waals surface area contributed by atoms with Gasteiger partial charge in [-0.2, -0.15) is 0 Å². The van der Waals surface area contributed by atoms with Gasteiger partial charge in [-0.3, -0.25) is 4.79 Å². The number of ketones is 1. The first-order valence-corrected chi connectivity index (χ1v) is 6.73. The summed E-state index contributed by atoms with van der Waals surface area (Å²) >= 11 is 0. The van der Waals surface area contributed by atoms with Crippen molar-refractivity contribution in [3.63, 3.8) is 0 Å². The maximum absolute atomic E-state index is 13.5. The standard InChI is InChI=1S/C17H17FO3/c1-3-15(19)12-8-9-16(17(10-12)20-2)21-11-13-6-4-5-7-14(13)18/h4-10H,3,11H2,1-2H3. The highest BCUT2D eigenvalue weighted by Gasteiger charge is 2.10. The summed E-state index contributed by atoms with van der Waals surface area (Å²) in [6.07, 6.45) is 0.429. The molecule has 0 aliphatic rings. The largest absolute Gasteiger partial charge is 0.493 e. The Hall–Kier alpha value is -2.36. The number of rotatable bonds is 6.